The van der Waals surface area contributed by atoms with Gasteiger partial charge in [-0.3, -0.25) is 0 Å². The monoisotopic (exact) mass is 221 g/mol. The molecule has 1 atom stereocenters. The number of methoxy groups -OCH3 is 1. The van der Waals surface area contributed by atoms with E-state index in [0.717, 1.165) is 12.3 Å². The summed E-state index contributed by atoms with van der Waals surface area (Å²) < 4.78 is 5.26. The van der Waals surface area contributed by atoms with Crippen molar-refractivity contribution < 1.29 is 4.74 Å². The summed E-state index contributed by atoms with van der Waals surface area (Å²) in [7, 11) is 5.97. The molecule has 0 aromatic heterocycles. The highest BCUT2D eigenvalue weighted by molar-refractivity contribution is 5.30. The highest BCUT2D eigenvalue weighted by atomic mass is 16.5. The van der Waals surface area contributed by atoms with Crippen molar-refractivity contribution in [3.63, 3.8) is 0 Å². The Morgan fingerprint density at radius 2 is 2.06 bits per heavy atom. The van der Waals surface area contributed by atoms with Crippen molar-refractivity contribution >= 4 is 0 Å². The first-order chi connectivity index (χ1) is 7.67. The highest BCUT2D eigenvalue weighted by Crippen LogP contribution is 2.26. The molecular formula is C14H23NO. The van der Waals surface area contributed by atoms with E-state index in [-0.39, 0.29) is 0 Å². The average molecular weight is 221 g/mol. The largest absolute Gasteiger partial charge is 0.497 e. The number of hydrogen-bond acceptors (Lipinski definition) is 2. The number of hydrogen-bond donors (Lipinski definition) is 0. The predicted octanol–water partition coefficient (Wildman–Crippen LogP) is 3.14. The Morgan fingerprint density at radius 3 is 2.62 bits per heavy atom. The maximum atomic E-state index is 5.26. The van der Waals surface area contributed by atoms with Crippen LogP contribution in [0, 0.1) is 0 Å². The van der Waals surface area contributed by atoms with E-state index in [9.17, 15) is 0 Å². The van der Waals surface area contributed by atoms with Crippen molar-refractivity contribution in [2.45, 2.75) is 25.7 Å². The van der Waals surface area contributed by atoms with E-state index in [0.29, 0.717) is 5.92 Å². The molecule has 0 radical (unpaired) electrons. The molecule has 0 amide bonds. The Balaban J connectivity index is 2.70. The molecule has 0 heterocycles. The second-order valence-corrected chi connectivity index (χ2v) is 4.47. The van der Waals surface area contributed by atoms with Gasteiger partial charge in [0, 0.05) is 0 Å². The van der Waals surface area contributed by atoms with Crippen LogP contribution in [-0.2, 0) is 0 Å². The molecule has 0 spiro atoms. The standard InChI is InChI=1S/C14H23NO/c1-5-12(9-10-15(2)3)13-7-6-8-14(11-13)16-4/h6-8,11-12H,5,9-10H2,1-4H3. The van der Waals surface area contributed by atoms with Crippen LogP contribution in [0.1, 0.15) is 31.2 Å². The first kappa shape index (κ1) is 13.0. The molecule has 0 aliphatic heterocycles. The number of rotatable bonds is 6. The molecule has 0 N–H and O–H groups in total. The molecular weight excluding hydrogens is 198 g/mol. The molecule has 0 saturated heterocycles. The molecule has 0 aliphatic carbocycles. The molecule has 2 heteroatoms. The van der Waals surface area contributed by atoms with E-state index >= 15 is 0 Å². The molecule has 16 heavy (non-hydrogen) atoms. The maximum absolute atomic E-state index is 5.26. The van der Waals surface area contributed by atoms with Gasteiger partial charge < -0.3 is 9.64 Å². The lowest BCUT2D eigenvalue weighted by atomic mass is 9.93. The van der Waals surface area contributed by atoms with Crippen molar-refractivity contribution in [3.8, 4) is 5.75 Å². The summed E-state index contributed by atoms with van der Waals surface area (Å²) in [5.74, 6) is 1.60. The first-order valence-corrected chi connectivity index (χ1v) is 5.96. The van der Waals surface area contributed by atoms with Crippen molar-refractivity contribution in [1.29, 1.82) is 0 Å². The van der Waals surface area contributed by atoms with Gasteiger partial charge in [0.05, 0.1) is 7.11 Å². The third-order valence-electron chi connectivity index (χ3n) is 2.98. The lowest BCUT2D eigenvalue weighted by Crippen LogP contribution is -2.15. The third kappa shape index (κ3) is 3.86. The SMILES string of the molecule is CCC(CCN(C)C)c1cccc(OC)c1. The lowest BCUT2D eigenvalue weighted by molar-refractivity contribution is 0.377. The minimum absolute atomic E-state index is 0.637. The average Bonchev–Trinajstić information content (AvgIpc) is 2.30. The minimum atomic E-state index is 0.637. The van der Waals surface area contributed by atoms with Crippen molar-refractivity contribution in [2.24, 2.45) is 0 Å². The van der Waals surface area contributed by atoms with E-state index < -0.39 is 0 Å². The molecule has 0 fully saturated rings. The van der Waals surface area contributed by atoms with Gasteiger partial charge in [0.15, 0.2) is 0 Å². The van der Waals surface area contributed by atoms with Gasteiger partial charge in [0.1, 0.15) is 5.75 Å². The maximum Gasteiger partial charge on any atom is 0.119 e. The van der Waals surface area contributed by atoms with E-state index in [1.165, 1.54) is 18.4 Å². The van der Waals surface area contributed by atoms with Crippen LogP contribution in [0.5, 0.6) is 5.75 Å². The molecule has 1 rings (SSSR count). The van der Waals surface area contributed by atoms with Gasteiger partial charge in [-0.15, -0.1) is 0 Å². The van der Waals surface area contributed by atoms with Crippen LogP contribution >= 0.6 is 0 Å². The van der Waals surface area contributed by atoms with Gasteiger partial charge in [-0.05, 0) is 57.1 Å². The Morgan fingerprint density at radius 1 is 1.31 bits per heavy atom. The minimum Gasteiger partial charge on any atom is -0.497 e. The van der Waals surface area contributed by atoms with Crippen LogP contribution in [-0.4, -0.2) is 32.6 Å². The molecule has 1 aromatic carbocycles. The molecule has 0 saturated carbocycles. The van der Waals surface area contributed by atoms with Gasteiger partial charge in [-0.25, -0.2) is 0 Å². The summed E-state index contributed by atoms with van der Waals surface area (Å²) >= 11 is 0. The molecule has 90 valence electrons. The predicted molar refractivity (Wildman–Crippen MR) is 69.2 cm³/mol. The van der Waals surface area contributed by atoms with Crippen LogP contribution in [0.2, 0.25) is 0 Å². The topological polar surface area (TPSA) is 12.5 Å². The smallest absolute Gasteiger partial charge is 0.119 e. The normalized spacial score (nSPS) is 12.8. The van der Waals surface area contributed by atoms with E-state index in [2.05, 4.69) is 44.1 Å². The van der Waals surface area contributed by atoms with Crippen LogP contribution in [0.4, 0.5) is 0 Å². The van der Waals surface area contributed by atoms with Gasteiger partial charge >= 0.3 is 0 Å². The summed E-state index contributed by atoms with van der Waals surface area (Å²) in [6, 6.07) is 8.44. The van der Waals surface area contributed by atoms with E-state index in [1.807, 2.05) is 6.07 Å². The summed E-state index contributed by atoms with van der Waals surface area (Å²) in [4.78, 5) is 2.24. The zero-order chi connectivity index (χ0) is 12.0. The van der Waals surface area contributed by atoms with E-state index in [1.54, 1.807) is 7.11 Å². The molecule has 1 unspecified atom stereocenters. The quantitative estimate of drug-likeness (QED) is 0.731. The van der Waals surface area contributed by atoms with Crippen molar-refractivity contribution in [3.05, 3.63) is 29.8 Å². The zero-order valence-corrected chi connectivity index (χ0v) is 10.9. The van der Waals surface area contributed by atoms with Gasteiger partial charge in [0.2, 0.25) is 0 Å². The van der Waals surface area contributed by atoms with Crippen LogP contribution < -0.4 is 4.74 Å². The van der Waals surface area contributed by atoms with Crippen LogP contribution in [0.25, 0.3) is 0 Å². The lowest BCUT2D eigenvalue weighted by Gasteiger charge is -2.18. The Hall–Kier alpha value is -1.02. The van der Waals surface area contributed by atoms with Crippen molar-refractivity contribution in [1.82, 2.24) is 4.90 Å². The fourth-order valence-corrected chi connectivity index (χ4v) is 1.92. The number of nitrogens with zero attached hydrogens (tertiary/aromatic N) is 1. The second kappa shape index (κ2) is 6.54. The summed E-state index contributed by atoms with van der Waals surface area (Å²) in [6.45, 7) is 3.38. The third-order valence-corrected chi connectivity index (χ3v) is 2.98. The Bertz CT molecular complexity index is 309. The fourth-order valence-electron chi connectivity index (χ4n) is 1.92. The molecule has 1 aromatic rings. The number of ether oxygens (including phenoxy) is 1. The molecule has 0 aliphatic rings. The zero-order valence-electron chi connectivity index (χ0n) is 10.9. The fraction of sp³-hybridized carbons (Fsp3) is 0.571. The van der Waals surface area contributed by atoms with Crippen LogP contribution in [0.15, 0.2) is 24.3 Å². The van der Waals surface area contributed by atoms with Gasteiger partial charge in [-0.1, -0.05) is 19.1 Å². The Kier molecular flexibility index (Phi) is 5.33. The first-order valence-electron chi connectivity index (χ1n) is 5.96. The van der Waals surface area contributed by atoms with Gasteiger partial charge in [-0.2, -0.15) is 0 Å². The highest BCUT2D eigenvalue weighted by Gasteiger charge is 2.10. The molecule has 2 nitrogen and oxygen atoms in total. The van der Waals surface area contributed by atoms with Crippen LogP contribution in [0.3, 0.4) is 0 Å². The van der Waals surface area contributed by atoms with Crippen molar-refractivity contribution in [2.75, 3.05) is 27.7 Å². The van der Waals surface area contributed by atoms with Gasteiger partial charge in [0.25, 0.3) is 0 Å². The van der Waals surface area contributed by atoms with E-state index in [4.69, 9.17) is 4.74 Å². The summed E-state index contributed by atoms with van der Waals surface area (Å²) in [5.41, 5.74) is 1.39. The number of benzene rings is 1. The second-order valence-electron chi connectivity index (χ2n) is 4.47. The molecule has 0 bridgehead atoms. The summed E-state index contributed by atoms with van der Waals surface area (Å²) in [5, 5.41) is 0. The Labute approximate surface area is 99.2 Å². The summed E-state index contributed by atoms with van der Waals surface area (Å²) in [6.07, 6.45) is 2.39.